The Labute approximate surface area is 119 Å². The van der Waals surface area contributed by atoms with Gasteiger partial charge >= 0.3 is 0 Å². The second kappa shape index (κ2) is 11.6. The van der Waals surface area contributed by atoms with E-state index >= 15 is 0 Å². The molecule has 0 fully saturated rings. The highest BCUT2D eigenvalue weighted by Gasteiger charge is 2.09. The average molecular weight is 274 g/mol. The fourth-order valence-electron chi connectivity index (χ4n) is 2.01. The van der Waals surface area contributed by atoms with Crippen LogP contribution in [0.1, 0.15) is 40.0 Å². The van der Waals surface area contributed by atoms with Gasteiger partial charge in [-0.05, 0) is 59.3 Å². The van der Waals surface area contributed by atoms with Crippen LogP contribution in [0.5, 0.6) is 0 Å². The van der Waals surface area contributed by atoms with Gasteiger partial charge in [0.05, 0.1) is 18.8 Å². The van der Waals surface area contributed by atoms with Crippen molar-refractivity contribution in [3.05, 3.63) is 0 Å². The number of aliphatic hydroxyl groups excluding tert-OH is 1. The summed E-state index contributed by atoms with van der Waals surface area (Å²) < 4.78 is 5.63. The number of hydrogen-bond acceptors (Lipinski definition) is 4. The van der Waals surface area contributed by atoms with Crippen LogP contribution in [0.25, 0.3) is 0 Å². The minimum Gasteiger partial charge on any atom is -0.389 e. The van der Waals surface area contributed by atoms with Crippen LogP contribution < -0.4 is 5.32 Å². The summed E-state index contributed by atoms with van der Waals surface area (Å²) in [6.45, 7) is 9.58. The summed E-state index contributed by atoms with van der Waals surface area (Å²) in [5, 5.41) is 13.1. The molecule has 0 rings (SSSR count). The normalized spacial score (nSPS) is 15.2. The Kier molecular flexibility index (Phi) is 11.6. The summed E-state index contributed by atoms with van der Waals surface area (Å²) in [6, 6.07) is 0. The van der Waals surface area contributed by atoms with Crippen molar-refractivity contribution in [3.63, 3.8) is 0 Å². The molecule has 4 heteroatoms. The number of nitrogens with one attached hydrogen (secondary N) is 1. The van der Waals surface area contributed by atoms with E-state index in [2.05, 4.69) is 45.1 Å². The molecule has 0 aliphatic rings. The maximum Gasteiger partial charge on any atom is 0.0897 e. The van der Waals surface area contributed by atoms with Gasteiger partial charge in [-0.2, -0.15) is 0 Å². The number of rotatable bonds is 12. The zero-order valence-electron chi connectivity index (χ0n) is 13.5. The molecule has 0 radical (unpaired) electrons. The van der Waals surface area contributed by atoms with E-state index < -0.39 is 6.10 Å². The second-order valence-corrected chi connectivity index (χ2v) is 6.14. The molecule has 0 bridgehead atoms. The topological polar surface area (TPSA) is 44.7 Å². The molecule has 19 heavy (non-hydrogen) atoms. The van der Waals surface area contributed by atoms with Crippen LogP contribution in [-0.4, -0.2) is 62.6 Å². The molecule has 2 N–H and O–H groups in total. The van der Waals surface area contributed by atoms with Crippen molar-refractivity contribution in [2.45, 2.75) is 52.2 Å². The maximum absolute atomic E-state index is 9.78. The lowest BCUT2D eigenvalue weighted by Gasteiger charge is -2.18. The van der Waals surface area contributed by atoms with Crippen LogP contribution in [0.3, 0.4) is 0 Å². The van der Waals surface area contributed by atoms with Crippen LogP contribution in [-0.2, 0) is 4.74 Å². The molecular formula is C15H34N2O2. The van der Waals surface area contributed by atoms with E-state index in [0.29, 0.717) is 19.1 Å². The van der Waals surface area contributed by atoms with Crippen molar-refractivity contribution in [2.24, 2.45) is 5.92 Å². The van der Waals surface area contributed by atoms with E-state index in [0.717, 1.165) is 25.9 Å². The van der Waals surface area contributed by atoms with Crippen LogP contribution >= 0.6 is 0 Å². The lowest BCUT2D eigenvalue weighted by Crippen LogP contribution is -2.32. The third-order valence-corrected chi connectivity index (χ3v) is 2.97. The van der Waals surface area contributed by atoms with Gasteiger partial charge in [0, 0.05) is 6.54 Å². The highest BCUT2D eigenvalue weighted by atomic mass is 16.5. The molecule has 2 atom stereocenters. The lowest BCUT2D eigenvalue weighted by atomic mass is 10.1. The van der Waals surface area contributed by atoms with Gasteiger partial charge in [0.2, 0.25) is 0 Å². The fraction of sp³-hybridized carbons (Fsp3) is 1.00. The van der Waals surface area contributed by atoms with E-state index in [1.54, 1.807) is 0 Å². The van der Waals surface area contributed by atoms with E-state index in [9.17, 15) is 5.11 Å². The van der Waals surface area contributed by atoms with Crippen LogP contribution in [0.4, 0.5) is 0 Å². The number of hydrogen-bond donors (Lipinski definition) is 2. The Morgan fingerprint density at radius 2 is 1.84 bits per heavy atom. The number of nitrogens with zero attached hydrogens (tertiary/aromatic N) is 1. The number of aliphatic hydroxyl groups is 1. The first-order chi connectivity index (χ1) is 8.91. The predicted octanol–water partition coefficient (Wildman–Crippen LogP) is 1.73. The van der Waals surface area contributed by atoms with Gasteiger partial charge in [0.1, 0.15) is 0 Å². The van der Waals surface area contributed by atoms with Crippen molar-refractivity contribution >= 4 is 0 Å². The van der Waals surface area contributed by atoms with Crippen molar-refractivity contribution < 1.29 is 9.84 Å². The minimum absolute atomic E-state index is 0.231. The van der Waals surface area contributed by atoms with Gasteiger partial charge in [-0.1, -0.05) is 13.8 Å². The quantitative estimate of drug-likeness (QED) is 0.532. The highest BCUT2D eigenvalue weighted by Crippen LogP contribution is 2.07. The molecule has 0 amide bonds. The van der Waals surface area contributed by atoms with Gasteiger partial charge in [-0.15, -0.1) is 0 Å². The molecule has 0 aliphatic heterocycles. The molecule has 0 aromatic heterocycles. The van der Waals surface area contributed by atoms with Crippen molar-refractivity contribution in [1.29, 1.82) is 0 Å². The summed E-state index contributed by atoms with van der Waals surface area (Å²) in [5.74, 6) is 0.641. The van der Waals surface area contributed by atoms with E-state index in [4.69, 9.17) is 4.74 Å². The number of ether oxygens (including phenoxy) is 1. The maximum atomic E-state index is 9.78. The largest absolute Gasteiger partial charge is 0.389 e. The molecule has 0 saturated carbocycles. The SMILES string of the molecule is CC(C)CC(C)OCC(O)CNCCCCN(C)C. The summed E-state index contributed by atoms with van der Waals surface area (Å²) >= 11 is 0. The smallest absolute Gasteiger partial charge is 0.0897 e. The molecule has 2 unspecified atom stereocenters. The van der Waals surface area contributed by atoms with Crippen molar-refractivity contribution in [2.75, 3.05) is 40.3 Å². The summed E-state index contributed by atoms with van der Waals surface area (Å²) in [5.41, 5.74) is 0. The Bertz CT molecular complexity index is 199. The van der Waals surface area contributed by atoms with Crippen LogP contribution in [0.15, 0.2) is 0 Å². The molecular weight excluding hydrogens is 240 g/mol. The van der Waals surface area contributed by atoms with E-state index in [1.807, 2.05) is 0 Å². The lowest BCUT2D eigenvalue weighted by molar-refractivity contribution is -0.00844. The first kappa shape index (κ1) is 18.8. The first-order valence-electron chi connectivity index (χ1n) is 7.57. The summed E-state index contributed by atoms with van der Waals surface area (Å²) in [7, 11) is 4.18. The predicted molar refractivity (Wildman–Crippen MR) is 81.5 cm³/mol. The minimum atomic E-state index is -0.400. The van der Waals surface area contributed by atoms with Gasteiger partial charge < -0.3 is 20.1 Å². The molecule has 4 nitrogen and oxygen atoms in total. The Balaban J connectivity index is 3.36. The molecule has 0 saturated heterocycles. The Hall–Kier alpha value is -0.160. The van der Waals surface area contributed by atoms with Gasteiger partial charge in [0.15, 0.2) is 0 Å². The highest BCUT2D eigenvalue weighted by molar-refractivity contribution is 4.61. The van der Waals surface area contributed by atoms with Crippen LogP contribution in [0.2, 0.25) is 0 Å². The molecule has 0 aromatic carbocycles. The molecule has 0 aliphatic carbocycles. The van der Waals surface area contributed by atoms with Crippen LogP contribution in [0, 0.1) is 5.92 Å². The van der Waals surface area contributed by atoms with E-state index in [-0.39, 0.29) is 6.10 Å². The van der Waals surface area contributed by atoms with Gasteiger partial charge in [-0.25, -0.2) is 0 Å². The van der Waals surface area contributed by atoms with E-state index in [1.165, 1.54) is 6.42 Å². The third-order valence-electron chi connectivity index (χ3n) is 2.97. The molecule has 0 spiro atoms. The standard InChI is InChI=1S/C15H34N2O2/c1-13(2)10-14(3)19-12-15(18)11-16-8-6-7-9-17(4)5/h13-16,18H,6-12H2,1-5H3. The van der Waals surface area contributed by atoms with Gasteiger partial charge in [-0.3, -0.25) is 0 Å². The summed E-state index contributed by atoms with van der Waals surface area (Å²) in [4.78, 5) is 2.19. The second-order valence-electron chi connectivity index (χ2n) is 6.14. The molecule has 0 heterocycles. The zero-order valence-corrected chi connectivity index (χ0v) is 13.5. The monoisotopic (exact) mass is 274 g/mol. The number of unbranched alkanes of at least 4 members (excludes halogenated alkanes) is 1. The fourth-order valence-corrected chi connectivity index (χ4v) is 2.01. The third kappa shape index (κ3) is 14.1. The van der Waals surface area contributed by atoms with Crippen molar-refractivity contribution in [3.8, 4) is 0 Å². The average Bonchev–Trinajstić information content (AvgIpc) is 2.29. The van der Waals surface area contributed by atoms with Crippen molar-refractivity contribution in [1.82, 2.24) is 10.2 Å². The molecule has 116 valence electrons. The first-order valence-corrected chi connectivity index (χ1v) is 7.57. The van der Waals surface area contributed by atoms with Gasteiger partial charge in [0.25, 0.3) is 0 Å². The summed E-state index contributed by atoms with van der Waals surface area (Å²) in [6.07, 6.45) is 3.22. The Morgan fingerprint density at radius 1 is 1.16 bits per heavy atom. The molecule has 0 aromatic rings. The zero-order chi connectivity index (χ0) is 14.7. The Morgan fingerprint density at radius 3 is 2.42 bits per heavy atom.